The molecule has 0 amide bonds. The zero-order chi connectivity index (χ0) is 9.12. The van der Waals surface area contributed by atoms with Crippen molar-refractivity contribution >= 4 is 0 Å². The third-order valence-electron chi connectivity index (χ3n) is 4.09. The van der Waals surface area contributed by atoms with Gasteiger partial charge in [-0.25, -0.2) is 0 Å². The summed E-state index contributed by atoms with van der Waals surface area (Å²) in [5.41, 5.74) is 6.64. The van der Waals surface area contributed by atoms with E-state index in [0.717, 1.165) is 11.8 Å². The maximum absolute atomic E-state index is 2.43. The number of hydrogen-bond donors (Lipinski definition) is 0. The van der Waals surface area contributed by atoms with E-state index >= 15 is 0 Å². The van der Waals surface area contributed by atoms with Gasteiger partial charge in [0.25, 0.3) is 0 Å². The van der Waals surface area contributed by atoms with E-state index in [-0.39, 0.29) is 0 Å². The van der Waals surface area contributed by atoms with Crippen LogP contribution in [0, 0.1) is 11.8 Å². The molecule has 4 rings (SSSR count). The smallest absolute Gasteiger partial charge is 0.0237 e. The Labute approximate surface area is 84.7 Å². The average molecular weight is 182 g/mol. The van der Waals surface area contributed by atoms with Crippen LogP contribution < -0.4 is 0 Å². The second kappa shape index (κ2) is 2.31. The van der Waals surface area contributed by atoms with E-state index in [1.54, 1.807) is 16.7 Å². The summed E-state index contributed by atoms with van der Waals surface area (Å²) >= 11 is 0. The molecule has 0 radical (unpaired) electrons. The second-order valence-electron chi connectivity index (χ2n) is 4.91. The molecule has 0 aromatic carbocycles. The minimum absolute atomic E-state index is 0.781. The van der Waals surface area contributed by atoms with Gasteiger partial charge >= 0.3 is 0 Å². The van der Waals surface area contributed by atoms with E-state index in [1.165, 1.54) is 31.3 Å². The van der Waals surface area contributed by atoms with E-state index in [0.29, 0.717) is 0 Å². The standard InChI is InChI=1S/C14H14/c1-3-9-4-2-6-12-13-8-11(13)7-10(5-1)14(9)12/h1,5,7-9,13H,2-4,6H2. The van der Waals surface area contributed by atoms with Crippen molar-refractivity contribution < 1.29 is 0 Å². The lowest BCUT2D eigenvalue weighted by atomic mass is 9.71. The fourth-order valence-electron chi connectivity index (χ4n) is 3.40. The molecule has 0 spiro atoms. The first-order valence-electron chi connectivity index (χ1n) is 5.77. The molecule has 0 N–H and O–H groups in total. The van der Waals surface area contributed by atoms with Crippen LogP contribution in [0.2, 0.25) is 0 Å². The van der Waals surface area contributed by atoms with Crippen LogP contribution in [0.15, 0.2) is 46.6 Å². The maximum atomic E-state index is 2.43. The quantitative estimate of drug-likeness (QED) is 0.537. The Balaban J connectivity index is 1.95. The van der Waals surface area contributed by atoms with Gasteiger partial charge in [0.1, 0.15) is 0 Å². The monoisotopic (exact) mass is 182 g/mol. The highest BCUT2D eigenvalue weighted by atomic mass is 14.4. The largest absolute Gasteiger partial charge is 0.0833 e. The van der Waals surface area contributed by atoms with Crippen molar-refractivity contribution in [2.75, 3.05) is 0 Å². The SMILES string of the molecule is C1=CC2=CC3=CC3C3=C2C(C1)CCC3. The first kappa shape index (κ1) is 7.28. The number of hydrogen-bond acceptors (Lipinski definition) is 0. The van der Waals surface area contributed by atoms with Gasteiger partial charge in [0.05, 0.1) is 0 Å². The van der Waals surface area contributed by atoms with E-state index in [2.05, 4.69) is 24.3 Å². The normalized spacial score (nSPS) is 37.1. The van der Waals surface area contributed by atoms with Crippen molar-refractivity contribution in [1.82, 2.24) is 0 Å². The van der Waals surface area contributed by atoms with Crippen LogP contribution in [0.4, 0.5) is 0 Å². The van der Waals surface area contributed by atoms with Crippen molar-refractivity contribution in [3.05, 3.63) is 46.6 Å². The highest BCUT2D eigenvalue weighted by Gasteiger charge is 2.38. The highest BCUT2D eigenvalue weighted by Crippen LogP contribution is 2.52. The summed E-state index contributed by atoms with van der Waals surface area (Å²) in [6.45, 7) is 0. The molecule has 0 bridgehead atoms. The van der Waals surface area contributed by atoms with Gasteiger partial charge in [0, 0.05) is 5.92 Å². The predicted octanol–water partition coefficient (Wildman–Crippen LogP) is 3.54. The van der Waals surface area contributed by atoms with Gasteiger partial charge in [-0.1, -0.05) is 29.9 Å². The van der Waals surface area contributed by atoms with Gasteiger partial charge in [-0.3, -0.25) is 0 Å². The van der Waals surface area contributed by atoms with E-state index in [1.807, 2.05) is 0 Å². The Kier molecular flexibility index (Phi) is 1.20. The molecule has 0 heteroatoms. The van der Waals surface area contributed by atoms with Gasteiger partial charge in [-0.05, 0) is 48.3 Å². The van der Waals surface area contributed by atoms with Crippen molar-refractivity contribution in [1.29, 1.82) is 0 Å². The van der Waals surface area contributed by atoms with Crippen molar-refractivity contribution in [2.24, 2.45) is 11.8 Å². The van der Waals surface area contributed by atoms with Crippen LogP contribution in [-0.4, -0.2) is 0 Å². The molecule has 4 aliphatic rings. The molecular formula is C14H14. The van der Waals surface area contributed by atoms with Crippen LogP contribution >= 0.6 is 0 Å². The fraction of sp³-hybridized carbons (Fsp3) is 0.429. The summed E-state index contributed by atoms with van der Waals surface area (Å²) in [4.78, 5) is 0. The minimum atomic E-state index is 0.781. The Hall–Kier alpha value is -1.04. The molecule has 4 aliphatic carbocycles. The topological polar surface area (TPSA) is 0 Å². The van der Waals surface area contributed by atoms with Crippen LogP contribution in [0.25, 0.3) is 0 Å². The Morgan fingerprint density at radius 2 is 2.29 bits per heavy atom. The molecule has 0 saturated heterocycles. The zero-order valence-electron chi connectivity index (χ0n) is 8.29. The Morgan fingerprint density at radius 1 is 1.29 bits per heavy atom. The van der Waals surface area contributed by atoms with Crippen molar-refractivity contribution in [2.45, 2.75) is 25.7 Å². The highest BCUT2D eigenvalue weighted by molar-refractivity contribution is 5.64. The van der Waals surface area contributed by atoms with Crippen LogP contribution in [0.3, 0.4) is 0 Å². The molecule has 0 nitrogen and oxygen atoms in total. The molecule has 0 aromatic heterocycles. The molecule has 2 unspecified atom stereocenters. The summed E-state index contributed by atoms with van der Waals surface area (Å²) in [5, 5.41) is 0. The molecule has 0 heterocycles. The van der Waals surface area contributed by atoms with Crippen LogP contribution in [0.5, 0.6) is 0 Å². The van der Waals surface area contributed by atoms with Gasteiger partial charge in [-0.15, -0.1) is 0 Å². The van der Waals surface area contributed by atoms with E-state index < -0.39 is 0 Å². The molecule has 70 valence electrons. The van der Waals surface area contributed by atoms with Crippen molar-refractivity contribution in [3.63, 3.8) is 0 Å². The third kappa shape index (κ3) is 0.796. The summed E-state index contributed by atoms with van der Waals surface area (Å²) in [6.07, 6.45) is 15.0. The summed E-state index contributed by atoms with van der Waals surface area (Å²) < 4.78 is 0. The molecule has 0 fully saturated rings. The Morgan fingerprint density at radius 3 is 3.29 bits per heavy atom. The predicted molar refractivity (Wildman–Crippen MR) is 57.8 cm³/mol. The van der Waals surface area contributed by atoms with Gasteiger partial charge in [-0.2, -0.15) is 0 Å². The zero-order valence-corrected chi connectivity index (χ0v) is 8.29. The van der Waals surface area contributed by atoms with Crippen LogP contribution in [0.1, 0.15) is 25.7 Å². The number of allylic oxidation sites excluding steroid dienone is 8. The van der Waals surface area contributed by atoms with Crippen LogP contribution in [-0.2, 0) is 0 Å². The van der Waals surface area contributed by atoms with E-state index in [4.69, 9.17) is 0 Å². The van der Waals surface area contributed by atoms with Gasteiger partial charge in [0.15, 0.2) is 0 Å². The molecular weight excluding hydrogens is 168 g/mol. The first-order chi connectivity index (χ1) is 6.93. The maximum Gasteiger partial charge on any atom is 0.0237 e. The second-order valence-corrected chi connectivity index (χ2v) is 4.91. The fourth-order valence-corrected chi connectivity index (χ4v) is 3.40. The minimum Gasteiger partial charge on any atom is -0.0833 e. The summed E-state index contributed by atoms with van der Waals surface area (Å²) in [5.74, 6) is 1.65. The number of fused-ring (bicyclic) bond motifs is 2. The molecule has 0 aliphatic heterocycles. The molecule has 14 heavy (non-hydrogen) atoms. The molecule has 0 aromatic rings. The molecule has 0 saturated carbocycles. The third-order valence-corrected chi connectivity index (χ3v) is 4.09. The Bertz CT molecular complexity index is 429. The van der Waals surface area contributed by atoms with E-state index in [9.17, 15) is 0 Å². The summed E-state index contributed by atoms with van der Waals surface area (Å²) in [7, 11) is 0. The molecule has 2 atom stereocenters. The lowest BCUT2D eigenvalue weighted by Crippen LogP contribution is -2.19. The van der Waals surface area contributed by atoms with Crippen molar-refractivity contribution in [3.8, 4) is 0 Å². The number of rotatable bonds is 0. The first-order valence-corrected chi connectivity index (χ1v) is 5.77. The van der Waals surface area contributed by atoms with Gasteiger partial charge < -0.3 is 0 Å². The average Bonchev–Trinajstić information content (AvgIpc) is 2.98. The lowest BCUT2D eigenvalue weighted by molar-refractivity contribution is 0.491. The summed E-state index contributed by atoms with van der Waals surface area (Å²) in [6, 6.07) is 0. The lowest BCUT2D eigenvalue weighted by Gasteiger charge is -2.34. The van der Waals surface area contributed by atoms with Gasteiger partial charge in [0.2, 0.25) is 0 Å².